The van der Waals surface area contributed by atoms with E-state index in [0.29, 0.717) is 44.5 Å². The number of carbonyl (C=O) groups is 2. The van der Waals surface area contributed by atoms with Gasteiger partial charge in [0.15, 0.2) is 0 Å². The summed E-state index contributed by atoms with van der Waals surface area (Å²) >= 11 is 0. The van der Waals surface area contributed by atoms with Gasteiger partial charge < -0.3 is 19.3 Å². The summed E-state index contributed by atoms with van der Waals surface area (Å²) in [5, 5.41) is 10.0. The van der Waals surface area contributed by atoms with Gasteiger partial charge in [-0.1, -0.05) is 67.1 Å². The van der Waals surface area contributed by atoms with Crippen LogP contribution in [-0.4, -0.2) is 69.8 Å². The topological polar surface area (TPSA) is 142 Å². The molecular formula is C38H42N6O6S. The number of methoxy groups -OCH3 is 2. The SMILES string of the molecule is COC(=O)N1CC[C@]2(N=Nc3cccc4c3CC3N(C(=O)OC)CC[C@]43NS(=O)(=O)N[C@@]34CCCC3Cc3ccccc34)c3ccccc3CC12. The summed E-state index contributed by atoms with van der Waals surface area (Å²) in [6.45, 7) is 0.838. The zero-order chi connectivity index (χ0) is 35.2. The second-order valence-corrected chi connectivity index (χ2v) is 16.4. The van der Waals surface area contributed by atoms with E-state index in [9.17, 15) is 18.0 Å². The van der Waals surface area contributed by atoms with E-state index in [1.54, 1.807) is 9.80 Å². The van der Waals surface area contributed by atoms with Gasteiger partial charge in [-0.05, 0) is 90.3 Å². The number of ether oxygens (including phenoxy) is 2. The molecule has 51 heavy (non-hydrogen) atoms. The summed E-state index contributed by atoms with van der Waals surface area (Å²) < 4.78 is 45.6. The van der Waals surface area contributed by atoms with Crippen LogP contribution in [0.1, 0.15) is 65.5 Å². The molecule has 2 heterocycles. The van der Waals surface area contributed by atoms with Gasteiger partial charge in [0.1, 0.15) is 5.54 Å². The number of amides is 2. The molecule has 2 amide bonds. The minimum absolute atomic E-state index is 0.187. The summed E-state index contributed by atoms with van der Waals surface area (Å²) in [6, 6.07) is 21.2. The van der Waals surface area contributed by atoms with Crippen molar-refractivity contribution in [2.45, 2.75) is 80.1 Å². The van der Waals surface area contributed by atoms with Crippen molar-refractivity contribution in [3.05, 3.63) is 100 Å². The lowest BCUT2D eigenvalue weighted by Crippen LogP contribution is -2.59. The van der Waals surface area contributed by atoms with Crippen LogP contribution in [0.25, 0.3) is 0 Å². The highest BCUT2D eigenvalue weighted by Crippen LogP contribution is 2.54. The first-order valence-corrected chi connectivity index (χ1v) is 19.4. The lowest BCUT2D eigenvalue weighted by atomic mass is 9.88. The summed E-state index contributed by atoms with van der Waals surface area (Å²) in [5.41, 5.74) is 4.19. The van der Waals surface area contributed by atoms with Gasteiger partial charge in [-0.3, -0.25) is 0 Å². The third-order valence-electron chi connectivity index (χ3n) is 12.9. The number of azo groups is 1. The quantitative estimate of drug-likeness (QED) is 0.332. The van der Waals surface area contributed by atoms with Gasteiger partial charge in [0.25, 0.3) is 10.2 Å². The number of likely N-dealkylation sites (tertiary alicyclic amines) is 2. The zero-order valence-electron chi connectivity index (χ0n) is 28.8. The van der Waals surface area contributed by atoms with Crippen LogP contribution in [0, 0.1) is 5.92 Å². The third kappa shape index (κ3) is 4.66. The zero-order valence-corrected chi connectivity index (χ0v) is 29.6. The van der Waals surface area contributed by atoms with E-state index >= 15 is 0 Å². The highest BCUT2D eigenvalue weighted by atomic mass is 32.2. The number of nitrogens with zero attached hydrogens (tertiary/aromatic N) is 4. The molecule has 9 rings (SSSR count). The fourth-order valence-electron chi connectivity index (χ4n) is 10.7. The maximum absolute atomic E-state index is 14.5. The second-order valence-electron chi connectivity index (χ2n) is 15.0. The number of nitrogens with one attached hydrogen (secondary N) is 2. The maximum Gasteiger partial charge on any atom is 0.409 e. The average molecular weight is 711 g/mol. The number of rotatable bonds is 6. The molecule has 3 aromatic rings. The van der Waals surface area contributed by atoms with E-state index in [1.807, 2.05) is 42.5 Å². The third-order valence-corrected chi connectivity index (χ3v) is 14.1. The van der Waals surface area contributed by atoms with Gasteiger partial charge in [0.05, 0.1) is 43.1 Å². The summed E-state index contributed by atoms with van der Waals surface area (Å²) in [7, 11) is -1.36. The highest BCUT2D eigenvalue weighted by molar-refractivity contribution is 7.87. The van der Waals surface area contributed by atoms with Crippen molar-refractivity contribution in [2.24, 2.45) is 16.1 Å². The Kier molecular flexibility index (Phi) is 7.40. The van der Waals surface area contributed by atoms with Crippen molar-refractivity contribution in [3.63, 3.8) is 0 Å². The van der Waals surface area contributed by atoms with Crippen molar-refractivity contribution in [2.75, 3.05) is 27.3 Å². The van der Waals surface area contributed by atoms with E-state index in [1.165, 1.54) is 19.8 Å². The first-order valence-electron chi connectivity index (χ1n) is 17.9. The lowest BCUT2D eigenvalue weighted by Gasteiger charge is -2.37. The first-order chi connectivity index (χ1) is 24.6. The molecule has 3 fully saturated rings. The Hall–Kier alpha value is -4.33. The molecule has 4 aliphatic carbocycles. The van der Waals surface area contributed by atoms with Crippen LogP contribution in [0.5, 0.6) is 0 Å². The lowest BCUT2D eigenvalue weighted by molar-refractivity contribution is 0.112. The van der Waals surface area contributed by atoms with Crippen LogP contribution < -0.4 is 9.44 Å². The van der Waals surface area contributed by atoms with Gasteiger partial charge in [-0.15, -0.1) is 0 Å². The molecule has 2 aliphatic heterocycles. The Morgan fingerprint density at radius 3 is 2.16 bits per heavy atom. The number of benzene rings is 3. The molecule has 2 N–H and O–H groups in total. The fraction of sp³-hybridized carbons (Fsp3) is 0.474. The molecule has 6 aliphatic rings. The minimum Gasteiger partial charge on any atom is -0.453 e. The maximum atomic E-state index is 14.5. The van der Waals surface area contributed by atoms with Crippen LogP contribution in [0.3, 0.4) is 0 Å². The largest absolute Gasteiger partial charge is 0.453 e. The smallest absolute Gasteiger partial charge is 0.409 e. The van der Waals surface area contributed by atoms with Gasteiger partial charge in [0.2, 0.25) is 0 Å². The highest BCUT2D eigenvalue weighted by Gasteiger charge is 2.60. The molecule has 0 spiro atoms. The van der Waals surface area contributed by atoms with Crippen LogP contribution >= 0.6 is 0 Å². The number of carbonyl (C=O) groups excluding carboxylic acids is 2. The number of hydrogen-bond donors (Lipinski definition) is 2. The second kappa shape index (κ2) is 11.6. The average Bonchev–Trinajstić information content (AvgIpc) is 3.95. The van der Waals surface area contributed by atoms with E-state index in [2.05, 4.69) is 33.7 Å². The molecular weight excluding hydrogens is 669 g/mol. The Balaban J connectivity index is 1.09. The van der Waals surface area contributed by atoms with Crippen molar-refractivity contribution in [3.8, 4) is 0 Å². The first kappa shape index (κ1) is 32.6. The predicted octanol–water partition coefficient (Wildman–Crippen LogP) is 5.33. The molecule has 266 valence electrons. The van der Waals surface area contributed by atoms with Gasteiger partial charge in [-0.2, -0.15) is 28.1 Å². The molecule has 1 saturated carbocycles. The predicted molar refractivity (Wildman–Crippen MR) is 188 cm³/mol. The van der Waals surface area contributed by atoms with Crippen molar-refractivity contribution < 1.29 is 27.5 Å². The summed E-state index contributed by atoms with van der Waals surface area (Å²) in [5.74, 6) is 0.187. The molecule has 13 heteroatoms. The van der Waals surface area contributed by atoms with E-state index in [-0.39, 0.29) is 18.1 Å². The van der Waals surface area contributed by atoms with Gasteiger partial charge >= 0.3 is 12.2 Å². The van der Waals surface area contributed by atoms with Crippen molar-refractivity contribution in [1.29, 1.82) is 0 Å². The minimum atomic E-state index is -4.10. The fourth-order valence-corrected chi connectivity index (χ4v) is 12.5. The molecule has 0 aromatic heterocycles. The van der Waals surface area contributed by atoms with Gasteiger partial charge in [-0.25, -0.2) is 9.59 Å². The molecule has 6 atom stereocenters. The Labute approximate surface area is 297 Å². The van der Waals surface area contributed by atoms with E-state index in [0.717, 1.165) is 53.5 Å². The number of hydrogen-bond acceptors (Lipinski definition) is 8. The van der Waals surface area contributed by atoms with Crippen LogP contribution in [0.2, 0.25) is 0 Å². The van der Waals surface area contributed by atoms with Gasteiger partial charge in [0, 0.05) is 13.1 Å². The molecule has 0 bridgehead atoms. The number of fused-ring (bicyclic) bond motifs is 9. The summed E-state index contributed by atoms with van der Waals surface area (Å²) in [4.78, 5) is 29.3. The Morgan fingerprint density at radius 2 is 1.39 bits per heavy atom. The summed E-state index contributed by atoms with van der Waals surface area (Å²) in [6.07, 6.45) is 4.62. The van der Waals surface area contributed by atoms with Crippen LogP contribution in [-0.2, 0) is 55.6 Å². The van der Waals surface area contributed by atoms with Crippen molar-refractivity contribution >= 4 is 28.1 Å². The van der Waals surface area contributed by atoms with Crippen molar-refractivity contribution in [1.82, 2.24) is 19.2 Å². The molecule has 12 nitrogen and oxygen atoms in total. The Bertz CT molecular complexity index is 2090. The molecule has 3 unspecified atom stereocenters. The van der Waals surface area contributed by atoms with Crippen LogP contribution in [0.15, 0.2) is 77.0 Å². The standard InChI is InChI=1S/C38H42N6O6S/c1-49-34(45)43-19-17-37(29-13-6-4-10-25(29)22-32(37)43)40-39-31-15-7-14-30-27(31)23-33-38(30,18-20-44(33)35(46)50-2)42-51(47,48)41-36-16-8-11-26(36)21-24-9-3-5-12-28(24)36/h3-7,9-10,12-15,26,32-33,41-42H,8,11,16-23H2,1-2H3/t26?,32?,33?,36-,37-,38-/m0/s1. The molecule has 3 aromatic carbocycles. The molecule has 0 radical (unpaired) electrons. The normalized spacial score (nSPS) is 31.3. The monoisotopic (exact) mass is 710 g/mol. The molecule has 2 saturated heterocycles. The van der Waals surface area contributed by atoms with E-state index < -0.39 is 39.0 Å². The van der Waals surface area contributed by atoms with E-state index in [4.69, 9.17) is 19.7 Å². The Morgan fingerprint density at radius 1 is 0.745 bits per heavy atom. The van der Waals surface area contributed by atoms with Crippen LogP contribution in [0.4, 0.5) is 15.3 Å².